The van der Waals surface area contributed by atoms with Gasteiger partial charge in [0.25, 0.3) is 5.91 Å². The molecular formula is C33H32N4O10. The van der Waals surface area contributed by atoms with Crippen LogP contribution in [-0.2, 0) is 9.53 Å². The van der Waals surface area contributed by atoms with Crippen molar-refractivity contribution in [1.29, 1.82) is 0 Å². The average molecular weight is 645 g/mol. The standard InChI is InChI=1S/C33H32N4O10/c1-40-22-7-6-17(10-23(22)41-2)37-13-21(35-36-37)32(38)34-30-19-12-25-24(46-15-47-25)11-18(19)28(29-20(30)14-45-33(29)39)16-8-26(42-3)31(44-5)27(9-16)43-4/h6-13,20,28-30H,14-15H2,1-5H3,(H,34,38)/t20-,28+,29-,30+/m0/s1. The Labute approximate surface area is 269 Å². The monoisotopic (exact) mass is 644 g/mol. The van der Waals surface area contributed by atoms with E-state index in [0.29, 0.717) is 45.9 Å². The van der Waals surface area contributed by atoms with E-state index in [1.807, 2.05) is 24.3 Å². The Morgan fingerprint density at radius 1 is 0.830 bits per heavy atom. The average Bonchev–Trinajstić information content (AvgIpc) is 3.87. The van der Waals surface area contributed by atoms with Crippen molar-refractivity contribution < 1.29 is 47.5 Å². The molecule has 3 aromatic carbocycles. The third-order valence-electron chi connectivity index (χ3n) is 8.88. The molecular weight excluding hydrogens is 612 g/mol. The Hall–Kier alpha value is -5.66. The molecule has 14 heteroatoms. The molecule has 1 fully saturated rings. The molecule has 0 spiro atoms. The number of nitrogens with zero attached hydrogens (tertiary/aromatic N) is 3. The number of carbonyl (C=O) groups excluding carboxylic acids is 2. The quantitative estimate of drug-likeness (QED) is 0.266. The van der Waals surface area contributed by atoms with Gasteiger partial charge in [0.15, 0.2) is 40.2 Å². The van der Waals surface area contributed by atoms with Gasteiger partial charge in [0.05, 0.1) is 66.0 Å². The van der Waals surface area contributed by atoms with Crippen LogP contribution in [-0.4, -0.2) is 75.8 Å². The van der Waals surface area contributed by atoms with E-state index < -0.39 is 29.7 Å². The fourth-order valence-corrected chi connectivity index (χ4v) is 6.71. The lowest BCUT2D eigenvalue weighted by Gasteiger charge is -2.39. The number of esters is 1. The Bertz CT molecular complexity index is 1850. The van der Waals surface area contributed by atoms with Gasteiger partial charge in [0, 0.05) is 17.9 Å². The lowest BCUT2D eigenvalue weighted by molar-refractivity contribution is -0.141. The molecule has 244 valence electrons. The maximum atomic E-state index is 13.8. The van der Waals surface area contributed by atoms with Crippen molar-refractivity contribution in [3.63, 3.8) is 0 Å². The Morgan fingerprint density at radius 2 is 1.51 bits per heavy atom. The number of cyclic esters (lactones) is 1. The van der Waals surface area contributed by atoms with Crippen molar-refractivity contribution >= 4 is 11.9 Å². The summed E-state index contributed by atoms with van der Waals surface area (Å²) >= 11 is 0. The maximum absolute atomic E-state index is 13.8. The molecule has 1 aromatic heterocycles. The van der Waals surface area contributed by atoms with E-state index in [1.54, 1.807) is 25.3 Å². The van der Waals surface area contributed by atoms with E-state index >= 15 is 0 Å². The minimum absolute atomic E-state index is 0.0538. The van der Waals surface area contributed by atoms with Gasteiger partial charge in [0.1, 0.15) is 0 Å². The molecule has 1 saturated heterocycles. The summed E-state index contributed by atoms with van der Waals surface area (Å²) in [5.74, 6) is 1.02. The predicted octanol–water partition coefficient (Wildman–Crippen LogP) is 3.44. The summed E-state index contributed by atoms with van der Waals surface area (Å²) < 4.78 is 46.2. The van der Waals surface area contributed by atoms with E-state index in [4.69, 9.17) is 37.9 Å². The molecule has 1 aliphatic carbocycles. The first-order valence-corrected chi connectivity index (χ1v) is 14.7. The highest BCUT2D eigenvalue weighted by atomic mass is 16.7. The van der Waals surface area contributed by atoms with Gasteiger partial charge in [-0.05, 0) is 53.1 Å². The molecule has 0 unspecified atom stereocenters. The number of hydrogen-bond acceptors (Lipinski definition) is 12. The van der Waals surface area contributed by atoms with Crippen LogP contribution in [0.5, 0.6) is 40.2 Å². The third kappa shape index (κ3) is 4.96. The summed E-state index contributed by atoms with van der Waals surface area (Å²) in [4.78, 5) is 27.3. The third-order valence-corrected chi connectivity index (χ3v) is 8.88. The predicted molar refractivity (Wildman–Crippen MR) is 163 cm³/mol. The van der Waals surface area contributed by atoms with Gasteiger partial charge in [-0.25, -0.2) is 4.68 Å². The van der Waals surface area contributed by atoms with Gasteiger partial charge in [-0.15, -0.1) is 5.10 Å². The van der Waals surface area contributed by atoms with E-state index in [9.17, 15) is 9.59 Å². The number of benzene rings is 3. The molecule has 7 rings (SSSR count). The van der Waals surface area contributed by atoms with Crippen molar-refractivity contribution in [2.45, 2.75) is 12.0 Å². The van der Waals surface area contributed by atoms with E-state index in [2.05, 4.69) is 15.6 Å². The molecule has 3 heterocycles. The van der Waals surface area contributed by atoms with Crippen LogP contribution in [0.25, 0.3) is 5.69 Å². The van der Waals surface area contributed by atoms with Gasteiger partial charge in [-0.2, -0.15) is 0 Å². The largest absolute Gasteiger partial charge is 0.493 e. The van der Waals surface area contributed by atoms with Gasteiger partial charge in [-0.1, -0.05) is 5.21 Å². The zero-order valence-electron chi connectivity index (χ0n) is 26.3. The van der Waals surface area contributed by atoms with Gasteiger partial charge >= 0.3 is 5.97 Å². The summed E-state index contributed by atoms with van der Waals surface area (Å²) in [6.07, 6.45) is 1.52. The minimum Gasteiger partial charge on any atom is -0.493 e. The number of methoxy groups -OCH3 is 5. The van der Waals surface area contributed by atoms with Gasteiger partial charge in [-0.3, -0.25) is 9.59 Å². The minimum atomic E-state index is -0.654. The number of nitrogens with one attached hydrogen (secondary N) is 1. The van der Waals surface area contributed by atoms with Crippen molar-refractivity contribution in [3.8, 4) is 45.9 Å². The highest BCUT2D eigenvalue weighted by molar-refractivity contribution is 5.92. The van der Waals surface area contributed by atoms with Gasteiger partial charge < -0.3 is 43.2 Å². The Balaban J connectivity index is 1.28. The first-order valence-electron chi connectivity index (χ1n) is 14.7. The summed E-state index contributed by atoms with van der Waals surface area (Å²) in [6.45, 7) is 0.153. The fraction of sp³-hybridized carbons (Fsp3) is 0.333. The SMILES string of the molecule is COc1ccc(-n2cc(C(=O)N[C@@H]3c4cc5c(cc4[C@@H](c4cc(OC)c(OC)c(OC)c4)[C@H]4C(=O)OC[C@@H]43)OCO5)nn2)cc1OC. The molecule has 0 saturated carbocycles. The number of rotatable bonds is 9. The summed E-state index contributed by atoms with van der Waals surface area (Å²) in [7, 11) is 7.68. The van der Waals surface area contributed by atoms with Crippen LogP contribution < -0.4 is 38.5 Å². The second-order valence-corrected chi connectivity index (χ2v) is 11.1. The highest BCUT2D eigenvalue weighted by Crippen LogP contribution is 2.55. The second-order valence-electron chi connectivity index (χ2n) is 11.1. The van der Waals surface area contributed by atoms with Crippen molar-refractivity contribution in [3.05, 3.63) is 71.0 Å². The number of aromatic nitrogens is 3. The molecule has 0 radical (unpaired) electrons. The molecule has 2 aliphatic heterocycles. The van der Waals surface area contributed by atoms with E-state index in [-0.39, 0.29) is 25.1 Å². The molecule has 47 heavy (non-hydrogen) atoms. The molecule has 1 N–H and O–H groups in total. The van der Waals surface area contributed by atoms with Crippen LogP contribution in [0.15, 0.2) is 48.7 Å². The van der Waals surface area contributed by atoms with Crippen LogP contribution in [0.3, 0.4) is 0 Å². The Morgan fingerprint density at radius 3 is 2.17 bits per heavy atom. The smallest absolute Gasteiger partial charge is 0.310 e. The number of fused-ring (bicyclic) bond motifs is 3. The van der Waals surface area contributed by atoms with Crippen molar-refractivity contribution in [2.24, 2.45) is 11.8 Å². The molecule has 14 nitrogen and oxygen atoms in total. The van der Waals surface area contributed by atoms with Crippen molar-refractivity contribution in [1.82, 2.24) is 20.3 Å². The first kappa shape index (κ1) is 30.0. The molecule has 3 aliphatic rings. The van der Waals surface area contributed by atoms with Crippen LogP contribution in [0.1, 0.15) is 39.1 Å². The lowest BCUT2D eigenvalue weighted by atomic mass is 9.65. The van der Waals surface area contributed by atoms with Crippen LogP contribution in [0, 0.1) is 11.8 Å². The number of hydrogen-bond donors (Lipinski definition) is 1. The number of carbonyl (C=O) groups is 2. The van der Waals surface area contributed by atoms with E-state index in [0.717, 1.165) is 16.7 Å². The summed E-state index contributed by atoms with van der Waals surface area (Å²) in [5, 5.41) is 11.4. The van der Waals surface area contributed by atoms with Crippen LogP contribution in [0.2, 0.25) is 0 Å². The highest BCUT2D eigenvalue weighted by Gasteiger charge is 2.53. The molecule has 4 aromatic rings. The number of ether oxygens (including phenoxy) is 8. The normalized spacial score (nSPS) is 20.5. The Kier molecular flexibility index (Phi) is 7.62. The summed E-state index contributed by atoms with van der Waals surface area (Å²) in [6, 6.07) is 12.0. The zero-order chi connectivity index (χ0) is 32.8. The van der Waals surface area contributed by atoms with Crippen molar-refractivity contribution in [2.75, 3.05) is 48.9 Å². The lowest BCUT2D eigenvalue weighted by Crippen LogP contribution is -2.43. The topological polar surface area (TPSA) is 151 Å². The molecule has 0 bridgehead atoms. The maximum Gasteiger partial charge on any atom is 0.310 e. The number of amides is 1. The zero-order valence-corrected chi connectivity index (χ0v) is 26.3. The first-order chi connectivity index (χ1) is 22.9. The molecule has 1 amide bonds. The fourth-order valence-electron chi connectivity index (χ4n) is 6.71. The molecule has 4 atom stereocenters. The summed E-state index contributed by atoms with van der Waals surface area (Å²) in [5.41, 5.74) is 2.97. The van der Waals surface area contributed by atoms with Crippen LogP contribution in [0.4, 0.5) is 0 Å². The van der Waals surface area contributed by atoms with Gasteiger partial charge in [0.2, 0.25) is 12.5 Å². The second kappa shape index (κ2) is 11.9. The van der Waals surface area contributed by atoms with Crippen LogP contribution >= 0.6 is 0 Å². The van der Waals surface area contributed by atoms with E-state index in [1.165, 1.54) is 39.3 Å².